The van der Waals surface area contributed by atoms with E-state index in [1.54, 1.807) is 18.3 Å². The zero-order chi connectivity index (χ0) is 18.7. The predicted octanol–water partition coefficient (Wildman–Crippen LogP) is 2.39. The molecule has 0 aliphatic rings. The summed E-state index contributed by atoms with van der Waals surface area (Å²) in [4.78, 5) is 24.3. The van der Waals surface area contributed by atoms with Gasteiger partial charge < -0.3 is 15.6 Å². The number of nitrogens with one attached hydrogen (secondary N) is 1. The van der Waals surface area contributed by atoms with E-state index in [0.717, 1.165) is 16.5 Å². The van der Waals surface area contributed by atoms with Gasteiger partial charge in [0.2, 0.25) is 5.91 Å². The number of amides is 2. The molecular formula is C20H20FN3O2. The minimum Gasteiger partial charge on any atom is -0.369 e. The van der Waals surface area contributed by atoms with Gasteiger partial charge in [-0.15, -0.1) is 0 Å². The van der Waals surface area contributed by atoms with Crippen molar-refractivity contribution in [2.45, 2.75) is 6.42 Å². The number of hydrogen-bond donors (Lipinski definition) is 2. The van der Waals surface area contributed by atoms with Crippen molar-refractivity contribution in [3.63, 3.8) is 0 Å². The van der Waals surface area contributed by atoms with Crippen LogP contribution in [-0.4, -0.2) is 22.9 Å². The minimum absolute atomic E-state index is 0.120. The molecule has 134 valence electrons. The van der Waals surface area contributed by atoms with E-state index in [1.807, 2.05) is 35.9 Å². The molecule has 5 nitrogen and oxygen atoms in total. The Bertz CT molecular complexity index is 947. The van der Waals surface area contributed by atoms with Gasteiger partial charge in [0.05, 0.1) is 11.5 Å². The van der Waals surface area contributed by atoms with E-state index in [4.69, 9.17) is 5.73 Å². The predicted molar refractivity (Wildman–Crippen MR) is 98.0 cm³/mol. The first kappa shape index (κ1) is 17.7. The van der Waals surface area contributed by atoms with Gasteiger partial charge in [0.15, 0.2) is 0 Å². The third-order valence-electron chi connectivity index (χ3n) is 4.45. The van der Waals surface area contributed by atoms with Crippen LogP contribution >= 0.6 is 0 Å². The molecule has 0 radical (unpaired) electrons. The number of hydrogen-bond acceptors (Lipinski definition) is 2. The molecule has 0 saturated carbocycles. The molecule has 1 aromatic heterocycles. The van der Waals surface area contributed by atoms with E-state index < -0.39 is 11.8 Å². The highest BCUT2D eigenvalue weighted by Gasteiger charge is 2.19. The second-order valence-corrected chi connectivity index (χ2v) is 6.31. The fourth-order valence-corrected chi connectivity index (χ4v) is 3.01. The molecule has 0 aliphatic heterocycles. The summed E-state index contributed by atoms with van der Waals surface area (Å²) in [7, 11) is 1.87. The second-order valence-electron chi connectivity index (χ2n) is 6.31. The van der Waals surface area contributed by atoms with Crippen LogP contribution in [0.15, 0.2) is 54.7 Å². The highest BCUT2D eigenvalue weighted by atomic mass is 19.1. The quantitative estimate of drug-likeness (QED) is 0.714. The summed E-state index contributed by atoms with van der Waals surface area (Å²) >= 11 is 0. The molecule has 0 spiro atoms. The van der Waals surface area contributed by atoms with Gasteiger partial charge in [-0.05, 0) is 30.2 Å². The van der Waals surface area contributed by atoms with Gasteiger partial charge in [-0.1, -0.05) is 30.3 Å². The average Bonchev–Trinajstić information content (AvgIpc) is 2.97. The highest BCUT2D eigenvalue weighted by Crippen LogP contribution is 2.20. The molecule has 2 amide bonds. The van der Waals surface area contributed by atoms with Gasteiger partial charge in [-0.3, -0.25) is 9.59 Å². The standard InChI is InChI=1S/C20H20FN3O2/c1-24-12-17(16-4-2-3-5-18(16)24)20(26)23-11-14(19(22)25)10-13-6-8-15(21)9-7-13/h2-9,12,14H,10-11H2,1H3,(H2,22,25)(H,23,26). The summed E-state index contributed by atoms with van der Waals surface area (Å²) in [6, 6.07) is 13.5. The van der Waals surface area contributed by atoms with Gasteiger partial charge in [-0.2, -0.15) is 0 Å². The van der Waals surface area contributed by atoms with Gasteiger partial charge in [0.25, 0.3) is 5.91 Å². The van der Waals surface area contributed by atoms with E-state index >= 15 is 0 Å². The normalized spacial score (nSPS) is 12.1. The maximum atomic E-state index is 13.0. The van der Waals surface area contributed by atoms with Crippen molar-refractivity contribution in [2.24, 2.45) is 18.7 Å². The number of aromatic nitrogens is 1. The number of halogens is 1. The topological polar surface area (TPSA) is 77.1 Å². The summed E-state index contributed by atoms with van der Waals surface area (Å²) < 4.78 is 14.9. The van der Waals surface area contributed by atoms with Crippen molar-refractivity contribution >= 4 is 22.7 Å². The Hall–Kier alpha value is -3.15. The third-order valence-corrected chi connectivity index (χ3v) is 4.45. The molecule has 3 aromatic rings. The van der Waals surface area contributed by atoms with E-state index in [1.165, 1.54) is 12.1 Å². The van der Waals surface area contributed by atoms with Crippen molar-refractivity contribution < 1.29 is 14.0 Å². The molecule has 0 fully saturated rings. The average molecular weight is 353 g/mol. The lowest BCUT2D eigenvalue weighted by Crippen LogP contribution is -2.37. The van der Waals surface area contributed by atoms with Crippen molar-refractivity contribution in [2.75, 3.05) is 6.54 Å². The number of carbonyl (C=O) groups excluding carboxylic acids is 2. The molecule has 1 unspecified atom stereocenters. The molecule has 1 heterocycles. The lowest BCUT2D eigenvalue weighted by Gasteiger charge is -2.14. The lowest BCUT2D eigenvalue weighted by atomic mass is 9.98. The fourth-order valence-electron chi connectivity index (χ4n) is 3.01. The second kappa shape index (κ2) is 7.39. The molecule has 2 aromatic carbocycles. The summed E-state index contributed by atoms with van der Waals surface area (Å²) in [6.07, 6.45) is 2.10. The minimum atomic E-state index is -0.570. The van der Waals surface area contributed by atoms with Crippen LogP contribution in [0.3, 0.4) is 0 Å². The maximum Gasteiger partial charge on any atom is 0.253 e. The molecule has 26 heavy (non-hydrogen) atoms. The number of fused-ring (bicyclic) bond motifs is 1. The van der Waals surface area contributed by atoms with Crippen LogP contribution in [0.5, 0.6) is 0 Å². The fraction of sp³-hybridized carbons (Fsp3) is 0.200. The number of benzene rings is 2. The van der Waals surface area contributed by atoms with E-state index in [0.29, 0.717) is 12.0 Å². The SMILES string of the molecule is Cn1cc(C(=O)NCC(Cc2ccc(F)cc2)C(N)=O)c2ccccc21. The molecule has 1 atom stereocenters. The molecule has 3 N–H and O–H groups in total. The van der Waals surface area contributed by atoms with Crippen molar-refractivity contribution in [3.8, 4) is 0 Å². The van der Waals surface area contributed by atoms with Crippen molar-refractivity contribution in [1.29, 1.82) is 0 Å². The molecule has 0 aliphatic carbocycles. The smallest absolute Gasteiger partial charge is 0.253 e. The number of para-hydroxylation sites is 1. The number of carbonyl (C=O) groups is 2. The molecular weight excluding hydrogens is 333 g/mol. The number of nitrogens with two attached hydrogens (primary N) is 1. The van der Waals surface area contributed by atoms with Crippen LogP contribution < -0.4 is 11.1 Å². The number of aryl methyl sites for hydroxylation is 1. The Morgan fingerprint density at radius 2 is 1.85 bits per heavy atom. The van der Waals surface area contributed by atoms with Gasteiger partial charge in [-0.25, -0.2) is 4.39 Å². The Morgan fingerprint density at radius 3 is 2.54 bits per heavy atom. The van der Waals surface area contributed by atoms with Crippen LogP contribution in [0.4, 0.5) is 4.39 Å². The van der Waals surface area contributed by atoms with Crippen molar-refractivity contribution in [1.82, 2.24) is 9.88 Å². The monoisotopic (exact) mass is 353 g/mol. The first-order valence-electron chi connectivity index (χ1n) is 8.31. The number of rotatable bonds is 6. The molecule has 3 rings (SSSR count). The van der Waals surface area contributed by atoms with Crippen LogP contribution in [0.1, 0.15) is 15.9 Å². The van der Waals surface area contributed by atoms with Gasteiger partial charge >= 0.3 is 0 Å². The zero-order valence-corrected chi connectivity index (χ0v) is 14.4. The van der Waals surface area contributed by atoms with Gasteiger partial charge in [0, 0.05) is 30.7 Å². The summed E-state index contributed by atoms with van der Waals surface area (Å²) in [5.74, 6) is -1.67. The van der Waals surface area contributed by atoms with Crippen LogP contribution in [0.2, 0.25) is 0 Å². The van der Waals surface area contributed by atoms with Crippen LogP contribution in [0.25, 0.3) is 10.9 Å². The maximum absolute atomic E-state index is 13.0. The molecule has 0 bridgehead atoms. The summed E-state index contributed by atoms with van der Waals surface area (Å²) in [5.41, 5.74) is 7.76. The third kappa shape index (κ3) is 3.74. The van der Waals surface area contributed by atoms with E-state index in [2.05, 4.69) is 5.32 Å². The van der Waals surface area contributed by atoms with Crippen LogP contribution in [0, 0.1) is 11.7 Å². The largest absolute Gasteiger partial charge is 0.369 e. The lowest BCUT2D eigenvalue weighted by molar-refractivity contribution is -0.121. The zero-order valence-electron chi connectivity index (χ0n) is 14.4. The Morgan fingerprint density at radius 1 is 1.15 bits per heavy atom. The van der Waals surface area contributed by atoms with Crippen molar-refractivity contribution in [3.05, 3.63) is 71.7 Å². The first-order valence-corrected chi connectivity index (χ1v) is 8.31. The summed E-state index contributed by atoms with van der Waals surface area (Å²) in [6.45, 7) is 0.120. The first-order chi connectivity index (χ1) is 12.5. The van der Waals surface area contributed by atoms with Crippen LogP contribution in [-0.2, 0) is 18.3 Å². The Balaban J connectivity index is 1.71. The number of primary amides is 1. The molecule has 6 heteroatoms. The van der Waals surface area contributed by atoms with E-state index in [-0.39, 0.29) is 18.3 Å². The Kier molecular flexibility index (Phi) is 5.02. The summed E-state index contributed by atoms with van der Waals surface area (Å²) in [5, 5.41) is 3.64. The highest BCUT2D eigenvalue weighted by molar-refractivity contribution is 6.07. The molecule has 0 saturated heterocycles. The number of nitrogens with zero attached hydrogens (tertiary/aromatic N) is 1. The van der Waals surface area contributed by atoms with E-state index in [9.17, 15) is 14.0 Å². The Labute approximate surface area is 150 Å². The van der Waals surface area contributed by atoms with Gasteiger partial charge in [0.1, 0.15) is 5.82 Å².